The Morgan fingerprint density at radius 3 is 2.56 bits per heavy atom. The highest BCUT2D eigenvalue weighted by molar-refractivity contribution is 5.94. The molecule has 1 aliphatic heterocycles. The van der Waals surface area contributed by atoms with Gasteiger partial charge in [-0.3, -0.25) is 9.59 Å². The lowest BCUT2D eigenvalue weighted by Gasteiger charge is -2.22. The summed E-state index contributed by atoms with van der Waals surface area (Å²) in [6.07, 6.45) is 4.45. The zero-order valence-corrected chi connectivity index (χ0v) is 14.8. The van der Waals surface area contributed by atoms with Crippen LogP contribution < -0.4 is 5.69 Å². The summed E-state index contributed by atoms with van der Waals surface area (Å²) in [4.78, 5) is 48.5. The predicted octanol–water partition coefficient (Wildman–Crippen LogP) is 1.10. The van der Waals surface area contributed by atoms with Gasteiger partial charge in [-0.1, -0.05) is 6.07 Å². The Balaban J connectivity index is 1.40. The molecule has 0 aliphatic carbocycles. The number of fused-ring (bicyclic) bond motifs is 1. The molecule has 4 rings (SSSR count). The van der Waals surface area contributed by atoms with E-state index in [0.29, 0.717) is 37.3 Å². The van der Waals surface area contributed by atoms with E-state index in [0.717, 1.165) is 17.5 Å². The molecule has 1 fully saturated rings. The predicted molar refractivity (Wildman–Crippen MR) is 101 cm³/mol. The number of benzene rings is 1. The van der Waals surface area contributed by atoms with E-state index in [-0.39, 0.29) is 23.9 Å². The number of nitrogens with zero attached hydrogens (tertiary/aromatic N) is 2. The fraction of sp³-hybridized carbons (Fsp3) is 0.316. The van der Waals surface area contributed by atoms with Gasteiger partial charge in [0.25, 0.3) is 5.91 Å². The third-order valence-electron chi connectivity index (χ3n) is 4.92. The highest BCUT2D eigenvalue weighted by Gasteiger charge is 2.23. The third-order valence-corrected chi connectivity index (χ3v) is 4.92. The van der Waals surface area contributed by atoms with E-state index >= 15 is 0 Å². The molecule has 0 radical (unpaired) electrons. The average Bonchev–Trinajstić information content (AvgIpc) is 3.23. The van der Waals surface area contributed by atoms with Crippen molar-refractivity contribution in [2.24, 2.45) is 0 Å². The first-order chi connectivity index (χ1) is 13.1. The summed E-state index contributed by atoms with van der Waals surface area (Å²) in [5, 5.41) is 0. The van der Waals surface area contributed by atoms with Crippen LogP contribution in [0.15, 0.2) is 41.5 Å². The number of carbonyl (C=O) groups is 2. The van der Waals surface area contributed by atoms with E-state index in [9.17, 15) is 14.4 Å². The van der Waals surface area contributed by atoms with Crippen LogP contribution in [0.25, 0.3) is 11.0 Å². The quantitative estimate of drug-likeness (QED) is 0.645. The zero-order chi connectivity index (χ0) is 18.8. The number of imidazole rings is 1. The second-order valence-electron chi connectivity index (χ2n) is 6.76. The minimum Gasteiger partial charge on any atom is -0.367 e. The Morgan fingerprint density at radius 2 is 1.74 bits per heavy atom. The molecule has 0 atom stereocenters. The van der Waals surface area contributed by atoms with Crippen molar-refractivity contribution in [1.29, 1.82) is 0 Å². The summed E-state index contributed by atoms with van der Waals surface area (Å²) in [6.45, 7) is 2.33. The van der Waals surface area contributed by atoms with Gasteiger partial charge in [-0.05, 0) is 30.2 Å². The average molecular weight is 367 g/mol. The second kappa shape index (κ2) is 7.14. The molecule has 0 unspecified atom stereocenters. The Labute approximate surface area is 155 Å². The number of nitrogens with one attached hydrogen (secondary N) is 3. The smallest absolute Gasteiger partial charge is 0.323 e. The number of rotatable bonds is 3. The topological polar surface area (TPSA) is 105 Å². The molecular weight excluding hydrogens is 346 g/mol. The van der Waals surface area contributed by atoms with Crippen molar-refractivity contribution < 1.29 is 9.59 Å². The number of H-pyrrole nitrogens is 3. The third kappa shape index (κ3) is 3.64. The van der Waals surface area contributed by atoms with Crippen molar-refractivity contribution in [3.05, 3.63) is 58.3 Å². The van der Waals surface area contributed by atoms with Crippen LogP contribution in [-0.2, 0) is 11.2 Å². The molecule has 0 bridgehead atoms. The minimum absolute atomic E-state index is 0.00703. The van der Waals surface area contributed by atoms with Crippen molar-refractivity contribution in [2.45, 2.75) is 12.8 Å². The SMILES string of the molecule is O=C(Cc1ccc2[nH]c(=O)[nH]c2c1)N1CCCN(C(=O)c2cc[nH]c2)CC1. The maximum Gasteiger partial charge on any atom is 0.323 e. The van der Waals surface area contributed by atoms with Crippen LogP contribution in [0.4, 0.5) is 0 Å². The lowest BCUT2D eigenvalue weighted by molar-refractivity contribution is -0.130. The van der Waals surface area contributed by atoms with Gasteiger partial charge >= 0.3 is 5.69 Å². The fourth-order valence-electron chi connectivity index (χ4n) is 3.49. The first kappa shape index (κ1) is 17.1. The molecule has 140 valence electrons. The van der Waals surface area contributed by atoms with E-state index in [1.807, 2.05) is 17.0 Å². The number of amides is 2. The number of hydrogen-bond donors (Lipinski definition) is 3. The molecule has 0 spiro atoms. The standard InChI is InChI=1S/C19H21N5O3/c25-17(11-13-2-3-15-16(10-13)22-19(27)21-15)23-6-1-7-24(9-8-23)18(26)14-4-5-20-12-14/h2-5,10,12,20H,1,6-9,11H2,(H2,21,22,27). The molecule has 2 amide bonds. The Hall–Kier alpha value is -3.29. The van der Waals surface area contributed by atoms with Crippen molar-refractivity contribution in [2.75, 3.05) is 26.2 Å². The maximum absolute atomic E-state index is 12.7. The molecule has 3 heterocycles. The van der Waals surface area contributed by atoms with Gasteiger partial charge in [-0.15, -0.1) is 0 Å². The monoisotopic (exact) mass is 367 g/mol. The fourth-order valence-corrected chi connectivity index (χ4v) is 3.49. The van der Waals surface area contributed by atoms with E-state index in [1.54, 1.807) is 29.4 Å². The van der Waals surface area contributed by atoms with Crippen LogP contribution in [0.3, 0.4) is 0 Å². The molecule has 1 saturated heterocycles. The highest BCUT2D eigenvalue weighted by atomic mass is 16.2. The largest absolute Gasteiger partial charge is 0.367 e. The maximum atomic E-state index is 12.7. The molecular formula is C19H21N5O3. The minimum atomic E-state index is -0.256. The molecule has 8 nitrogen and oxygen atoms in total. The molecule has 1 aromatic carbocycles. The van der Waals surface area contributed by atoms with Gasteiger partial charge in [0, 0.05) is 38.6 Å². The lowest BCUT2D eigenvalue weighted by atomic mass is 10.1. The summed E-state index contributed by atoms with van der Waals surface area (Å²) in [6, 6.07) is 7.24. The number of aromatic nitrogens is 3. The van der Waals surface area contributed by atoms with Gasteiger partial charge in [0.2, 0.25) is 5.91 Å². The van der Waals surface area contributed by atoms with Crippen molar-refractivity contribution in [3.8, 4) is 0 Å². The van der Waals surface area contributed by atoms with Crippen molar-refractivity contribution in [1.82, 2.24) is 24.8 Å². The first-order valence-corrected chi connectivity index (χ1v) is 9.01. The lowest BCUT2D eigenvalue weighted by Crippen LogP contribution is -2.37. The van der Waals surface area contributed by atoms with Gasteiger partial charge in [-0.25, -0.2) is 4.79 Å². The van der Waals surface area contributed by atoms with Gasteiger partial charge in [0.05, 0.1) is 23.0 Å². The first-order valence-electron chi connectivity index (χ1n) is 9.01. The molecule has 8 heteroatoms. The second-order valence-corrected chi connectivity index (χ2v) is 6.76. The van der Waals surface area contributed by atoms with E-state index in [1.165, 1.54) is 0 Å². The Bertz CT molecular complexity index is 1020. The van der Waals surface area contributed by atoms with Crippen LogP contribution in [-0.4, -0.2) is 62.7 Å². The van der Waals surface area contributed by atoms with Crippen LogP contribution in [0, 0.1) is 0 Å². The molecule has 3 aromatic rings. The van der Waals surface area contributed by atoms with Gasteiger partial charge in [0.15, 0.2) is 0 Å². The van der Waals surface area contributed by atoms with E-state index in [4.69, 9.17) is 0 Å². The highest BCUT2D eigenvalue weighted by Crippen LogP contribution is 2.14. The normalized spacial score (nSPS) is 15.1. The molecule has 2 aromatic heterocycles. The summed E-state index contributed by atoms with van der Waals surface area (Å²) in [5.41, 5.74) is 2.67. The molecule has 0 saturated carbocycles. The van der Waals surface area contributed by atoms with Crippen LogP contribution in [0.1, 0.15) is 22.3 Å². The molecule has 3 N–H and O–H groups in total. The summed E-state index contributed by atoms with van der Waals surface area (Å²) in [5.74, 6) is 0.0237. The van der Waals surface area contributed by atoms with Gasteiger partial charge < -0.3 is 24.8 Å². The Kier molecular flexibility index (Phi) is 4.53. The number of hydrogen-bond acceptors (Lipinski definition) is 3. The summed E-state index contributed by atoms with van der Waals surface area (Å²) >= 11 is 0. The Morgan fingerprint density at radius 1 is 0.963 bits per heavy atom. The van der Waals surface area contributed by atoms with Crippen LogP contribution in [0.2, 0.25) is 0 Å². The number of carbonyl (C=O) groups excluding carboxylic acids is 2. The summed E-state index contributed by atoms with van der Waals surface area (Å²) < 4.78 is 0. The van der Waals surface area contributed by atoms with Crippen molar-refractivity contribution >= 4 is 22.8 Å². The number of aromatic amines is 3. The zero-order valence-electron chi connectivity index (χ0n) is 14.8. The summed E-state index contributed by atoms with van der Waals surface area (Å²) in [7, 11) is 0. The van der Waals surface area contributed by atoms with E-state index in [2.05, 4.69) is 15.0 Å². The van der Waals surface area contributed by atoms with Gasteiger partial charge in [0.1, 0.15) is 0 Å². The van der Waals surface area contributed by atoms with Crippen molar-refractivity contribution in [3.63, 3.8) is 0 Å². The van der Waals surface area contributed by atoms with Crippen LogP contribution >= 0.6 is 0 Å². The molecule has 1 aliphatic rings. The van der Waals surface area contributed by atoms with E-state index < -0.39 is 0 Å². The van der Waals surface area contributed by atoms with Crippen LogP contribution in [0.5, 0.6) is 0 Å². The molecule has 27 heavy (non-hydrogen) atoms. The van der Waals surface area contributed by atoms with Gasteiger partial charge in [-0.2, -0.15) is 0 Å².